The second-order valence-corrected chi connectivity index (χ2v) is 3.97. The normalized spacial score (nSPS) is 12.0. The summed E-state index contributed by atoms with van der Waals surface area (Å²) in [7, 11) is 0. The molecule has 0 aliphatic rings. The SMILES string of the molecule is O=C(O)c1nc(C(F)(F)F)n2c(Br)cccc12. The maximum Gasteiger partial charge on any atom is 0.450 e. The second-order valence-electron chi connectivity index (χ2n) is 3.16. The Balaban J connectivity index is 2.91. The van der Waals surface area contributed by atoms with Crippen LogP contribution < -0.4 is 0 Å². The van der Waals surface area contributed by atoms with Crippen LogP contribution in [0.3, 0.4) is 0 Å². The van der Waals surface area contributed by atoms with E-state index in [1.807, 2.05) is 0 Å². The van der Waals surface area contributed by atoms with Crippen molar-refractivity contribution < 1.29 is 23.1 Å². The number of hydrogen-bond acceptors (Lipinski definition) is 2. The van der Waals surface area contributed by atoms with Crippen molar-refractivity contribution in [3.05, 3.63) is 34.3 Å². The van der Waals surface area contributed by atoms with Crippen molar-refractivity contribution in [2.75, 3.05) is 0 Å². The number of alkyl halides is 3. The molecule has 2 aromatic heterocycles. The Hall–Kier alpha value is -1.57. The zero-order valence-electron chi connectivity index (χ0n) is 7.99. The minimum Gasteiger partial charge on any atom is -0.476 e. The van der Waals surface area contributed by atoms with Gasteiger partial charge in [0.25, 0.3) is 0 Å². The van der Waals surface area contributed by atoms with E-state index in [0.717, 1.165) is 0 Å². The van der Waals surface area contributed by atoms with E-state index >= 15 is 0 Å². The summed E-state index contributed by atoms with van der Waals surface area (Å²) in [5, 5.41) is 8.79. The van der Waals surface area contributed by atoms with Crippen molar-refractivity contribution in [2.45, 2.75) is 6.18 Å². The number of carboxylic acids is 1. The van der Waals surface area contributed by atoms with Crippen LogP contribution in [0.5, 0.6) is 0 Å². The van der Waals surface area contributed by atoms with Crippen molar-refractivity contribution in [3.63, 3.8) is 0 Å². The van der Waals surface area contributed by atoms with Crippen molar-refractivity contribution in [1.82, 2.24) is 9.38 Å². The molecule has 0 fully saturated rings. The molecule has 0 atom stereocenters. The maximum atomic E-state index is 12.7. The molecule has 4 nitrogen and oxygen atoms in total. The van der Waals surface area contributed by atoms with Gasteiger partial charge in [-0.05, 0) is 28.1 Å². The number of aromatic nitrogens is 2. The summed E-state index contributed by atoms with van der Waals surface area (Å²) in [5.41, 5.74) is -0.738. The lowest BCUT2D eigenvalue weighted by molar-refractivity contribution is -0.145. The molecule has 8 heteroatoms. The molecule has 1 N–H and O–H groups in total. The molecule has 0 radical (unpaired) electrons. The fraction of sp³-hybridized carbons (Fsp3) is 0.111. The van der Waals surface area contributed by atoms with Crippen LogP contribution in [0.2, 0.25) is 0 Å². The van der Waals surface area contributed by atoms with E-state index in [4.69, 9.17) is 5.11 Å². The third-order valence-corrected chi connectivity index (χ3v) is 2.69. The van der Waals surface area contributed by atoms with Gasteiger partial charge >= 0.3 is 12.1 Å². The summed E-state index contributed by atoms with van der Waals surface area (Å²) < 4.78 is 38.8. The minimum atomic E-state index is -4.72. The van der Waals surface area contributed by atoms with Crippen molar-refractivity contribution >= 4 is 27.4 Å². The predicted octanol–water partition coefficient (Wildman–Crippen LogP) is 2.81. The highest BCUT2D eigenvalue weighted by Crippen LogP contribution is 2.32. The van der Waals surface area contributed by atoms with E-state index in [9.17, 15) is 18.0 Å². The average molecular weight is 309 g/mol. The first-order valence-corrected chi connectivity index (χ1v) is 5.09. The molecule has 2 aromatic rings. The van der Waals surface area contributed by atoms with Gasteiger partial charge in [-0.2, -0.15) is 13.2 Å². The molecule has 0 unspecified atom stereocenters. The van der Waals surface area contributed by atoms with Gasteiger partial charge in [0.1, 0.15) is 0 Å². The Kier molecular flexibility index (Phi) is 2.61. The number of fused-ring (bicyclic) bond motifs is 1. The Morgan fingerprint density at radius 3 is 2.59 bits per heavy atom. The van der Waals surface area contributed by atoms with Gasteiger partial charge in [-0.3, -0.25) is 4.40 Å². The van der Waals surface area contributed by atoms with Crippen LogP contribution in [-0.4, -0.2) is 20.5 Å². The number of hydrogen-bond donors (Lipinski definition) is 1. The lowest BCUT2D eigenvalue weighted by Gasteiger charge is -2.06. The van der Waals surface area contributed by atoms with Gasteiger partial charge < -0.3 is 5.11 Å². The quantitative estimate of drug-likeness (QED) is 0.824. The standard InChI is InChI=1S/C9H4BrF3N2O2/c10-5-3-1-2-4-6(7(16)17)14-8(15(4)5)9(11,12)13/h1-3H,(H,16,17). The van der Waals surface area contributed by atoms with Crippen molar-refractivity contribution in [2.24, 2.45) is 0 Å². The smallest absolute Gasteiger partial charge is 0.450 e. The number of halogens is 4. The van der Waals surface area contributed by atoms with Crippen LogP contribution in [0.4, 0.5) is 13.2 Å². The second kappa shape index (κ2) is 3.73. The molecular formula is C9H4BrF3N2O2. The Morgan fingerprint density at radius 1 is 1.41 bits per heavy atom. The highest BCUT2D eigenvalue weighted by atomic mass is 79.9. The van der Waals surface area contributed by atoms with E-state index in [1.54, 1.807) is 0 Å². The molecule has 0 spiro atoms. The number of aromatic carboxylic acids is 1. The van der Waals surface area contributed by atoms with Crippen LogP contribution in [0.25, 0.3) is 5.52 Å². The number of imidazole rings is 1. The molecule has 0 aliphatic carbocycles. The van der Waals surface area contributed by atoms with Gasteiger partial charge in [0, 0.05) is 0 Å². The largest absolute Gasteiger partial charge is 0.476 e. The molecule has 90 valence electrons. The van der Waals surface area contributed by atoms with Crippen LogP contribution in [0.1, 0.15) is 16.3 Å². The molecule has 0 aliphatic heterocycles. The minimum absolute atomic E-state index is 0.0855. The molecule has 0 saturated heterocycles. The molecule has 0 bridgehead atoms. The fourth-order valence-electron chi connectivity index (χ4n) is 1.44. The van der Waals surface area contributed by atoms with E-state index in [1.165, 1.54) is 18.2 Å². The highest BCUT2D eigenvalue weighted by molar-refractivity contribution is 9.10. The summed E-state index contributed by atoms with van der Waals surface area (Å²) in [5.74, 6) is -2.77. The molecule has 0 amide bonds. The number of rotatable bonds is 1. The average Bonchev–Trinajstić information content (AvgIpc) is 2.57. The monoisotopic (exact) mass is 308 g/mol. The van der Waals surface area contributed by atoms with Gasteiger partial charge in [-0.25, -0.2) is 9.78 Å². The highest BCUT2D eigenvalue weighted by Gasteiger charge is 2.38. The lowest BCUT2D eigenvalue weighted by Crippen LogP contribution is -2.11. The number of carboxylic acid groups (broad SMARTS) is 1. The van der Waals surface area contributed by atoms with Crippen molar-refractivity contribution in [3.8, 4) is 0 Å². The third kappa shape index (κ3) is 1.88. The van der Waals surface area contributed by atoms with Gasteiger partial charge in [-0.1, -0.05) is 6.07 Å². The molecule has 2 heterocycles. The van der Waals surface area contributed by atoms with Gasteiger partial charge in [0.2, 0.25) is 5.82 Å². The predicted molar refractivity (Wildman–Crippen MR) is 54.9 cm³/mol. The zero-order chi connectivity index (χ0) is 12.8. The number of carbonyl (C=O) groups is 1. The van der Waals surface area contributed by atoms with Crippen LogP contribution >= 0.6 is 15.9 Å². The van der Waals surface area contributed by atoms with E-state index < -0.39 is 23.7 Å². The van der Waals surface area contributed by atoms with Crippen molar-refractivity contribution in [1.29, 1.82) is 0 Å². The number of nitrogens with zero attached hydrogens (tertiary/aromatic N) is 2. The first-order chi connectivity index (χ1) is 7.82. The molecular weight excluding hydrogens is 305 g/mol. The van der Waals surface area contributed by atoms with E-state index in [-0.39, 0.29) is 10.1 Å². The summed E-state index contributed by atoms with van der Waals surface area (Å²) in [4.78, 5) is 13.9. The summed E-state index contributed by atoms with van der Waals surface area (Å²) in [6.07, 6.45) is -4.72. The molecule has 17 heavy (non-hydrogen) atoms. The van der Waals surface area contributed by atoms with Gasteiger partial charge in [0.15, 0.2) is 5.69 Å². The van der Waals surface area contributed by atoms with Crippen LogP contribution in [0, 0.1) is 0 Å². The zero-order valence-corrected chi connectivity index (χ0v) is 9.58. The summed E-state index contributed by atoms with van der Waals surface area (Å²) in [6.45, 7) is 0. The first kappa shape index (κ1) is 11.9. The van der Waals surface area contributed by atoms with E-state index in [0.29, 0.717) is 4.40 Å². The maximum absolute atomic E-state index is 12.7. The summed E-state index contributed by atoms with van der Waals surface area (Å²) in [6, 6.07) is 4.07. The Labute approximate surface area is 101 Å². The van der Waals surface area contributed by atoms with E-state index in [2.05, 4.69) is 20.9 Å². The fourth-order valence-corrected chi connectivity index (χ4v) is 1.96. The topological polar surface area (TPSA) is 54.6 Å². The molecule has 0 saturated carbocycles. The van der Waals surface area contributed by atoms with Crippen LogP contribution in [-0.2, 0) is 6.18 Å². The number of pyridine rings is 1. The molecule has 0 aromatic carbocycles. The van der Waals surface area contributed by atoms with Gasteiger partial charge in [0.05, 0.1) is 10.1 Å². The lowest BCUT2D eigenvalue weighted by atomic mass is 10.3. The third-order valence-electron chi connectivity index (χ3n) is 2.07. The Bertz CT molecular complexity index is 606. The first-order valence-electron chi connectivity index (χ1n) is 4.30. The van der Waals surface area contributed by atoms with Crippen LogP contribution in [0.15, 0.2) is 22.8 Å². The Morgan fingerprint density at radius 2 is 2.06 bits per heavy atom. The summed E-state index contributed by atoms with van der Waals surface area (Å²) >= 11 is 2.93. The van der Waals surface area contributed by atoms with Gasteiger partial charge in [-0.15, -0.1) is 0 Å². The molecule has 2 rings (SSSR count).